The summed E-state index contributed by atoms with van der Waals surface area (Å²) in [6.45, 7) is 2.23. The highest BCUT2D eigenvalue weighted by atomic mass is 16.1. The molecule has 21 heavy (non-hydrogen) atoms. The van der Waals surface area contributed by atoms with Crippen LogP contribution in [0.1, 0.15) is 64.7 Å². The summed E-state index contributed by atoms with van der Waals surface area (Å²) in [7, 11) is 0. The molecule has 4 aliphatic rings. The van der Waals surface area contributed by atoms with Crippen molar-refractivity contribution in [3.63, 3.8) is 0 Å². The maximum Gasteiger partial charge on any atom is 0.155 e. The molecule has 2 heteroatoms. The summed E-state index contributed by atoms with van der Waals surface area (Å²) in [5.74, 6) is 3.72. The lowest BCUT2D eigenvalue weighted by molar-refractivity contribution is -0.133. The summed E-state index contributed by atoms with van der Waals surface area (Å²) in [6.07, 6.45) is 11.5. The zero-order valence-electron chi connectivity index (χ0n) is 13.1. The van der Waals surface area contributed by atoms with Crippen molar-refractivity contribution < 1.29 is 9.59 Å². The quantitative estimate of drug-likeness (QED) is 0.727. The van der Waals surface area contributed by atoms with Gasteiger partial charge in [0.25, 0.3) is 0 Å². The zero-order valence-corrected chi connectivity index (χ0v) is 13.1. The van der Waals surface area contributed by atoms with Gasteiger partial charge in [-0.25, -0.2) is 0 Å². The molecule has 4 rings (SSSR count). The molecule has 0 amide bonds. The molecular weight excluding hydrogens is 260 g/mol. The fourth-order valence-corrected chi connectivity index (χ4v) is 6.40. The molecule has 0 aromatic heterocycles. The minimum atomic E-state index is 0.0346. The van der Waals surface area contributed by atoms with Gasteiger partial charge >= 0.3 is 0 Å². The van der Waals surface area contributed by atoms with E-state index in [4.69, 9.17) is 0 Å². The first-order valence-corrected chi connectivity index (χ1v) is 8.92. The largest absolute Gasteiger partial charge is 0.299 e. The van der Waals surface area contributed by atoms with Gasteiger partial charge in [-0.15, -0.1) is 0 Å². The molecule has 0 spiro atoms. The zero-order chi connectivity index (χ0) is 14.6. The summed E-state index contributed by atoms with van der Waals surface area (Å²) in [6, 6.07) is 0. The Balaban J connectivity index is 1.65. The Kier molecular flexibility index (Phi) is 3.13. The number of allylic oxidation sites excluding steroid dienone is 1. The lowest BCUT2D eigenvalue weighted by atomic mass is 9.51. The van der Waals surface area contributed by atoms with Crippen LogP contribution in [0.2, 0.25) is 0 Å². The van der Waals surface area contributed by atoms with E-state index in [9.17, 15) is 9.59 Å². The van der Waals surface area contributed by atoms with Crippen LogP contribution in [0.5, 0.6) is 0 Å². The van der Waals surface area contributed by atoms with Gasteiger partial charge in [-0.3, -0.25) is 9.59 Å². The molecule has 114 valence electrons. The van der Waals surface area contributed by atoms with Crippen LogP contribution in [0.15, 0.2) is 11.6 Å². The highest BCUT2D eigenvalue weighted by Crippen LogP contribution is 2.61. The third-order valence-corrected chi connectivity index (χ3v) is 7.38. The van der Waals surface area contributed by atoms with Gasteiger partial charge in [0.15, 0.2) is 5.78 Å². The fraction of sp³-hybridized carbons (Fsp3) is 0.789. The van der Waals surface area contributed by atoms with Crippen molar-refractivity contribution in [1.82, 2.24) is 0 Å². The van der Waals surface area contributed by atoms with E-state index < -0.39 is 0 Å². The first-order valence-electron chi connectivity index (χ1n) is 8.92. The standard InChI is InChI=1S/C19H26O2/c1-2-19-10-9-15-14-6-4-13(20)11-12(14)3-5-16(15)17(19)7-8-18(19)21/h11,14-17H,2-10H2,1H3/t14-,15+,16+,17-,19+/m0/s1. The Morgan fingerprint density at radius 2 is 1.90 bits per heavy atom. The van der Waals surface area contributed by atoms with Gasteiger partial charge in [-0.1, -0.05) is 12.5 Å². The van der Waals surface area contributed by atoms with Crippen LogP contribution in [-0.4, -0.2) is 11.6 Å². The molecule has 3 fully saturated rings. The molecule has 3 saturated carbocycles. The predicted octanol–water partition coefficient (Wildman–Crippen LogP) is 4.09. The van der Waals surface area contributed by atoms with Gasteiger partial charge < -0.3 is 0 Å². The predicted molar refractivity (Wildman–Crippen MR) is 81.7 cm³/mol. The topological polar surface area (TPSA) is 34.1 Å². The van der Waals surface area contributed by atoms with E-state index in [1.165, 1.54) is 18.4 Å². The van der Waals surface area contributed by atoms with Crippen molar-refractivity contribution in [3.05, 3.63) is 11.6 Å². The van der Waals surface area contributed by atoms with Gasteiger partial charge in [0.2, 0.25) is 0 Å². The van der Waals surface area contributed by atoms with Gasteiger partial charge in [-0.2, -0.15) is 0 Å². The molecule has 0 saturated heterocycles. The molecule has 5 atom stereocenters. The summed E-state index contributed by atoms with van der Waals surface area (Å²) in [5, 5.41) is 0. The third kappa shape index (κ3) is 1.83. The van der Waals surface area contributed by atoms with E-state index in [1.807, 2.05) is 6.08 Å². The van der Waals surface area contributed by atoms with Gasteiger partial charge in [0.1, 0.15) is 5.78 Å². The molecule has 0 N–H and O–H groups in total. The monoisotopic (exact) mass is 286 g/mol. The second-order valence-corrected chi connectivity index (χ2v) is 7.81. The summed E-state index contributed by atoms with van der Waals surface area (Å²) in [5.41, 5.74) is 1.48. The van der Waals surface area contributed by atoms with Crippen molar-refractivity contribution in [2.45, 2.75) is 64.7 Å². The molecule has 2 nitrogen and oxygen atoms in total. The highest BCUT2D eigenvalue weighted by molar-refractivity contribution is 5.91. The lowest BCUT2D eigenvalue weighted by Crippen LogP contribution is -2.47. The van der Waals surface area contributed by atoms with Crippen LogP contribution >= 0.6 is 0 Å². The van der Waals surface area contributed by atoms with Gasteiger partial charge in [-0.05, 0) is 74.7 Å². The Labute approximate surface area is 127 Å². The normalized spacial score (nSPS) is 45.7. The number of ketones is 2. The van der Waals surface area contributed by atoms with Gasteiger partial charge in [0, 0.05) is 18.3 Å². The van der Waals surface area contributed by atoms with E-state index in [2.05, 4.69) is 6.92 Å². The van der Waals surface area contributed by atoms with Crippen molar-refractivity contribution in [3.8, 4) is 0 Å². The molecule has 0 heterocycles. The van der Waals surface area contributed by atoms with Crippen LogP contribution < -0.4 is 0 Å². The average molecular weight is 286 g/mol. The first-order chi connectivity index (χ1) is 10.2. The number of fused-ring (bicyclic) bond motifs is 5. The average Bonchev–Trinajstić information content (AvgIpc) is 2.84. The van der Waals surface area contributed by atoms with Crippen molar-refractivity contribution >= 4 is 11.6 Å². The van der Waals surface area contributed by atoms with E-state index in [1.54, 1.807) is 0 Å². The lowest BCUT2D eigenvalue weighted by Gasteiger charge is -2.52. The number of rotatable bonds is 1. The highest BCUT2D eigenvalue weighted by Gasteiger charge is 2.57. The maximum absolute atomic E-state index is 12.5. The molecule has 0 radical (unpaired) electrons. The maximum atomic E-state index is 12.5. The van der Waals surface area contributed by atoms with E-state index in [0.717, 1.165) is 56.8 Å². The summed E-state index contributed by atoms with van der Waals surface area (Å²) < 4.78 is 0. The fourth-order valence-electron chi connectivity index (χ4n) is 6.40. The molecule has 4 aliphatic carbocycles. The minimum Gasteiger partial charge on any atom is -0.299 e. The summed E-state index contributed by atoms with van der Waals surface area (Å²) in [4.78, 5) is 24.2. The van der Waals surface area contributed by atoms with Crippen LogP contribution in [0.3, 0.4) is 0 Å². The second-order valence-electron chi connectivity index (χ2n) is 7.81. The number of hydrogen-bond acceptors (Lipinski definition) is 2. The van der Waals surface area contributed by atoms with Crippen molar-refractivity contribution in [2.24, 2.45) is 29.1 Å². The SMILES string of the molecule is CC[C@@]12CC[C@H]3[C@@H](CCC4=CC(=O)CC[C@@H]43)[C@@H]1CCC2=O. The Morgan fingerprint density at radius 3 is 2.71 bits per heavy atom. The molecule has 0 aromatic rings. The molecule has 0 aromatic carbocycles. The minimum absolute atomic E-state index is 0.0346. The molecule has 0 aliphatic heterocycles. The van der Waals surface area contributed by atoms with Crippen LogP contribution in [0.4, 0.5) is 0 Å². The summed E-state index contributed by atoms with van der Waals surface area (Å²) >= 11 is 0. The van der Waals surface area contributed by atoms with E-state index >= 15 is 0 Å². The molecule has 0 unspecified atom stereocenters. The Bertz CT molecular complexity index is 518. The van der Waals surface area contributed by atoms with Gasteiger partial charge in [0.05, 0.1) is 0 Å². The number of carbonyl (C=O) groups is 2. The number of carbonyl (C=O) groups excluding carboxylic acids is 2. The third-order valence-electron chi connectivity index (χ3n) is 7.38. The Hall–Kier alpha value is -0.920. The van der Waals surface area contributed by atoms with Crippen molar-refractivity contribution in [1.29, 1.82) is 0 Å². The first kappa shape index (κ1) is 13.7. The van der Waals surface area contributed by atoms with E-state index in [-0.39, 0.29) is 5.41 Å². The number of hydrogen-bond donors (Lipinski definition) is 0. The van der Waals surface area contributed by atoms with E-state index in [0.29, 0.717) is 23.4 Å². The smallest absolute Gasteiger partial charge is 0.155 e. The van der Waals surface area contributed by atoms with Crippen LogP contribution in [0, 0.1) is 29.1 Å². The molecular formula is C19H26O2. The van der Waals surface area contributed by atoms with Crippen molar-refractivity contribution in [2.75, 3.05) is 0 Å². The molecule has 0 bridgehead atoms. The second kappa shape index (κ2) is 4.79. The Morgan fingerprint density at radius 1 is 1.05 bits per heavy atom. The van der Waals surface area contributed by atoms with Crippen LogP contribution in [0.25, 0.3) is 0 Å². The van der Waals surface area contributed by atoms with Crippen LogP contribution in [-0.2, 0) is 9.59 Å². The number of Topliss-reactive ketones (excluding diaryl/α,β-unsaturated/α-hetero) is 1.